The molecule has 4 rings (SSSR count). The Morgan fingerprint density at radius 2 is 1.97 bits per heavy atom. The number of morpholine rings is 1. The molecule has 0 amide bonds. The van der Waals surface area contributed by atoms with Gasteiger partial charge in [0, 0.05) is 50.4 Å². The van der Waals surface area contributed by atoms with Gasteiger partial charge >= 0.3 is 0 Å². The number of nitrogen functional groups attached to an aromatic ring is 1. The number of nitrogens with two attached hydrogens (primary N) is 1. The van der Waals surface area contributed by atoms with E-state index in [0.29, 0.717) is 24.8 Å². The maximum absolute atomic E-state index is 6.92. The van der Waals surface area contributed by atoms with E-state index in [2.05, 4.69) is 14.9 Å². The molecule has 0 unspecified atom stereocenters. The zero-order chi connectivity index (χ0) is 23.5. The van der Waals surface area contributed by atoms with Gasteiger partial charge in [-0.1, -0.05) is 35.9 Å². The lowest BCUT2D eigenvalue weighted by Gasteiger charge is -2.29. The lowest BCUT2D eigenvalue weighted by molar-refractivity contribution is 0.122. The number of aromatic nitrogens is 2. The first-order chi connectivity index (χ1) is 16.0. The number of benzene rings is 1. The Bertz CT molecular complexity index is 1010. The molecule has 1 saturated heterocycles. The summed E-state index contributed by atoms with van der Waals surface area (Å²) in [7, 11) is 1.98. The fraction of sp³-hybridized carbons (Fsp3) is 0.320. The first-order valence-electron chi connectivity index (χ1n) is 11.0. The standard InChI is InChI=1S/C17H23N5O2.C8H9N/c1-21(16-4-2-3-5-19-16)6-11-24-17-13-14(12-15(18)20-17)22-7-9-23-10-8-22;1-7-3-2-4-8(5-7)6-9/h2-5,12-13H,6-11H2,1H3,(H2,18,20);2-6,9H,1H3. The van der Waals surface area contributed by atoms with Crippen LogP contribution in [0.1, 0.15) is 11.1 Å². The van der Waals surface area contributed by atoms with Crippen LogP contribution in [0, 0.1) is 12.3 Å². The smallest absolute Gasteiger partial charge is 0.217 e. The molecular formula is C25H32N6O2. The summed E-state index contributed by atoms with van der Waals surface area (Å²) in [6.45, 7) is 6.40. The SMILES string of the molecule is CN(CCOc1cc(N2CCOCC2)cc(N)n1)c1ccccn1.Cc1cccc(C=N)c1. The van der Waals surface area contributed by atoms with Crippen molar-refractivity contribution in [2.24, 2.45) is 0 Å². The van der Waals surface area contributed by atoms with Crippen molar-refractivity contribution in [1.29, 1.82) is 5.41 Å². The van der Waals surface area contributed by atoms with E-state index in [0.717, 1.165) is 43.4 Å². The number of pyridine rings is 2. The molecule has 0 atom stereocenters. The van der Waals surface area contributed by atoms with Gasteiger partial charge in [0.05, 0.1) is 19.8 Å². The average Bonchev–Trinajstić information content (AvgIpc) is 2.85. The van der Waals surface area contributed by atoms with Gasteiger partial charge in [0.2, 0.25) is 5.88 Å². The van der Waals surface area contributed by atoms with Gasteiger partial charge in [0.15, 0.2) is 0 Å². The molecule has 3 heterocycles. The van der Waals surface area contributed by atoms with E-state index in [1.165, 1.54) is 11.8 Å². The van der Waals surface area contributed by atoms with Gasteiger partial charge in [-0.25, -0.2) is 4.98 Å². The number of ether oxygens (including phenoxy) is 2. The van der Waals surface area contributed by atoms with Crippen molar-refractivity contribution in [2.75, 3.05) is 62.0 Å². The number of rotatable bonds is 7. The Balaban J connectivity index is 0.000000286. The van der Waals surface area contributed by atoms with Crippen LogP contribution in [0.25, 0.3) is 0 Å². The molecule has 0 aliphatic carbocycles. The normalized spacial score (nSPS) is 13.0. The molecule has 1 fully saturated rings. The summed E-state index contributed by atoms with van der Waals surface area (Å²) < 4.78 is 11.2. The maximum atomic E-state index is 6.92. The van der Waals surface area contributed by atoms with E-state index < -0.39 is 0 Å². The first kappa shape index (κ1) is 24.0. The van der Waals surface area contributed by atoms with Crippen LogP contribution in [-0.4, -0.2) is 62.7 Å². The van der Waals surface area contributed by atoms with Crippen molar-refractivity contribution in [3.8, 4) is 5.88 Å². The number of aryl methyl sites for hydroxylation is 1. The lowest BCUT2D eigenvalue weighted by Crippen LogP contribution is -2.36. The molecule has 3 aromatic rings. The van der Waals surface area contributed by atoms with Crippen molar-refractivity contribution in [2.45, 2.75) is 6.92 Å². The second-order valence-corrected chi connectivity index (χ2v) is 7.70. The molecule has 33 heavy (non-hydrogen) atoms. The van der Waals surface area contributed by atoms with Crippen molar-refractivity contribution in [3.05, 3.63) is 71.9 Å². The quantitative estimate of drug-likeness (QED) is 0.534. The van der Waals surface area contributed by atoms with E-state index in [9.17, 15) is 0 Å². The second-order valence-electron chi connectivity index (χ2n) is 7.70. The van der Waals surface area contributed by atoms with E-state index in [4.69, 9.17) is 20.6 Å². The van der Waals surface area contributed by atoms with E-state index >= 15 is 0 Å². The average molecular weight is 449 g/mol. The number of nitrogens with zero attached hydrogens (tertiary/aromatic N) is 4. The molecule has 0 saturated carbocycles. The Morgan fingerprint density at radius 1 is 1.15 bits per heavy atom. The van der Waals surface area contributed by atoms with Crippen LogP contribution in [0.5, 0.6) is 5.88 Å². The summed E-state index contributed by atoms with van der Waals surface area (Å²) in [5, 5.41) is 6.92. The van der Waals surface area contributed by atoms with Gasteiger partial charge in [-0.2, -0.15) is 4.98 Å². The summed E-state index contributed by atoms with van der Waals surface area (Å²) in [5.74, 6) is 1.92. The minimum absolute atomic E-state index is 0.465. The van der Waals surface area contributed by atoms with Crippen LogP contribution in [-0.2, 0) is 4.74 Å². The highest BCUT2D eigenvalue weighted by atomic mass is 16.5. The zero-order valence-electron chi connectivity index (χ0n) is 19.3. The Kier molecular flexibility index (Phi) is 9.02. The highest BCUT2D eigenvalue weighted by Gasteiger charge is 2.13. The summed E-state index contributed by atoms with van der Waals surface area (Å²) >= 11 is 0. The molecule has 0 bridgehead atoms. The molecule has 8 nitrogen and oxygen atoms in total. The largest absolute Gasteiger partial charge is 0.476 e. The third-order valence-corrected chi connectivity index (χ3v) is 5.11. The summed E-state index contributed by atoms with van der Waals surface area (Å²) in [5.41, 5.74) is 9.12. The van der Waals surface area contributed by atoms with Gasteiger partial charge in [0.25, 0.3) is 0 Å². The summed E-state index contributed by atoms with van der Waals surface area (Å²) in [6, 6.07) is 17.5. The number of nitrogens with one attached hydrogen (secondary N) is 1. The van der Waals surface area contributed by atoms with Crippen LogP contribution in [0.3, 0.4) is 0 Å². The molecule has 2 aromatic heterocycles. The van der Waals surface area contributed by atoms with Gasteiger partial charge in [0.1, 0.15) is 18.2 Å². The van der Waals surface area contributed by atoms with Gasteiger partial charge in [-0.15, -0.1) is 0 Å². The number of likely N-dealkylation sites (N-methyl/N-ethyl adjacent to an activating group) is 1. The van der Waals surface area contributed by atoms with Crippen molar-refractivity contribution in [1.82, 2.24) is 9.97 Å². The number of anilines is 3. The van der Waals surface area contributed by atoms with Gasteiger partial charge in [-0.05, 0) is 24.6 Å². The van der Waals surface area contributed by atoms with E-state index in [-0.39, 0.29) is 0 Å². The monoisotopic (exact) mass is 448 g/mol. The van der Waals surface area contributed by atoms with Crippen LogP contribution >= 0.6 is 0 Å². The predicted octanol–water partition coefficient (Wildman–Crippen LogP) is 3.40. The molecule has 174 valence electrons. The molecule has 0 spiro atoms. The molecule has 0 radical (unpaired) electrons. The van der Waals surface area contributed by atoms with E-state index in [1.54, 1.807) is 6.20 Å². The summed E-state index contributed by atoms with van der Waals surface area (Å²) in [4.78, 5) is 12.8. The zero-order valence-corrected chi connectivity index (χ0v) is 19.3. The van der Waals surface area contributed by atoms with Crippen molar-refractivity contribution >= 4 is 23.5 Å². The fourth-order valence-corrected chi connectivity index (χ4v) is 3.33. The van der Waals surface area contributed by atoms with E-state index in [1.807, 2.05) is 73.5 Å². The maximum Gasteiger partial charge on any atom is 0.217 e. The lowest BCUT2D eigenvalue weighted by atomic mass is 10.2. The highest BCUT2D eigenvalue weighted by molar-refractivity contribution is 5.76. The van der Waals surface area contributed by atoms with Crippen LogP contribution in [0.4, 0.5) is 17.3 Å². The third kappa shape index (κ3) is 7.76. The Morgan fingerprint density at radius 3 is 2.64 bits per heavy atom. The first-order valence-corrected chi connectivity index (χ1v) is 11.0. The third-order valence-electron chi connectivity index (χ3n) is 5.11. The molecule has 1 aliphatic rings. The van der Waals surface area contributed by atoms with Crippen molar-refractivity contribution in [3.63, 3.8) is 0 Å². The second kappa shape index (κ2) is 12.4. The number of hydrogen-bond acceptors (Lipinski definition) is 8. The molecule has 3 N–H and O–H groups in total. The Labute approximate surface area is 195 Å². The van der Waals surface area contributed by atoms with Crippen LogP contribution in [0.2, 0.25) is 0 Å². The van der Waals surface area contributed by atoms with Gasteiger partial charge in [-0.3, -0.25) is 0 Å². The molecule has 8 heteroatoms. The fourth-order valence-electron chi connectivity index (χ4n) is 3.33. The molecule has 1 aliphatic heterocycles. The summed E-state index contributed by atoms with van der Waals surface area (Å²) in [6.07, 6.45) is 3.13. The molecular weight excluding hydrogens is 416 g/mol. The number of hydrogen-bond donors (Lipinski definition) is 2. The minimum Gasteiger partial charge on any atom is -0.476 e. The Hall–Kier alpha value is -3.65. The van der Waals surface area contributed by atoms with Gasteiger partial charge < -0.3 is 30.4 Å². The molecule has 1 aromatic carbocycles. The van der Waals surface area contributed by atoms with Crippen LogP contribution in [0.15, 0.2) is 60.8 Å². The topological polar surface area (TPSA) is 101 Å². The van der Waals surface area contributed by atoms with Crippen molar-refractivity contribution < 1.29 is 9.47 Å². The van der Waals surface area contributed by atoms with Crippen LogP contribution < -0.4 is 20.3 Å². The minimum atomic E-state index is 0.465. The highest BCUT2D eigenvalue weighted by Crippen LogP contribution is 2.23. The predicted molar refractivity (Wildman–Crippen MR) is 134 cm³/mol.